The number of carbonyl (C=O) groups is 2. The van der Waals surface area contributed by atoms with Crippen molar-refractivity contribution in [2.24, 2.45) is 23.7 Å². The van der Waals surface area contributed by atoms with Crippen LogP contribution in [0.5, 0.6) is 0 Å². The highest BCUT2D eigenvalue weighted by molar-refractivity contribution is 5.70. The maximum Gasteiger partial charge on any atom is 0.407 e. The number of amides is 2. The molecule has 1 aliphatic carbocycles. The first-order valence-electron chi connectivity index (χ1n) is 16.6. The van der Waals surface area contributed by atoms with E-state index in [0.717, 1.165) is 52.7 Å². The van der Waals surface area contributed by atoms with Gasteiger partial charge >= 0.3 is 12.2 Å². The molecule has 0 aromatic heterocycles. The summed E-state index contributed by atoms with van der Waals surface area (Å²) >= 11 is 0. The molecule has 6 heteroatoms. The third-order valence-corrected chi connectivity index (χ3v) is 9.03. The summed E-state index contributed by atoms with van der Waals surface area (Å²) in [6.07, 6.45) is 2.02. The third kappa shape index (κ3) is 10.8. The van der Waals surface area contributed by atoms with Gasteiger partial charge in [0.25, 0.3) is 0 Å². The molecule has 1 aliphatic rings. The van der Waals surface area contributed by atoms with Gasteiger partial charge in [0, 0.05) is 0 Å². The lowest BCUT2D eigenvalue weighted by molar-refractivity contribution is 0.0907. The molecule has 1 saturated carbocycles. The van der Waals surface area contributed by atoms with Crippen LogP contribution in [0.4, 0.5) is 9.59 Å². The molecule has 6 nitrogen and oxygen atoms in total. The van der Waals surface area contributed by atoms with Crippen molar-refractivity contribution >= 4 is 23.3 Å². The number of rotatable bonds is 12. The van der Waals surface area contributed by atoms with Gasteiger partial charge in [-0.25, -0.2) is 9.59 Å². The van der Waals surface area contributed by atoms with Crippen molar-refractivity contribution < 1.29 is 19.1 Å². The average molecular weight is 619 g/mol. The summed E-state index contributed by atoms with van der Waals surface area (Å²) in [5, 5.41) is 6.07. The first-order valence-corrected chi connectivity index (χ1v) is 16.6. The van der Waals surface area contributed by atoms with E-state index in [-0.39, 0.29) is 11.8 Å². The first kappa shape index (κ1) is 37.6. The van der Waals surface area contributed by atoms with E-state index >= 15 is 0 Å². The van der Waals surface area contributed by atoms with E-state index in [1.165, 1.54) is 0 Å². The SMILES string of the molecule is C=C(C)c1cccc(C(C)(C)NC(=O)OCC2CC(C)C(C(CC)COC(=O)NC(C)(C)c3cccc(C(=C)C)c3)C2)c1.CC. The highest BCUT2D eigenvalue weighted by Gasteiger charge is 2.37. The fourth-order valence-electron chi connectivity index (χ4n) is 6.20. The molecule has 4 atom stereocenters. The van der Waals surface area contributed by atoms with Gasteiger partial charge in [0.05, 0.1) is 24.3 Å². The number of allylic oxidation sites excluding steroid dienone is 2. The van der Waals surface area contributed by atoms with Crippen LogP contribution in [0, 0.1) is 23.7 Å². The Kier molecular flexibility index (Phi) is 14.0. The Morgan fingerprint density at radius 1 is 0.844 bits per heavy atom. The Balaban J connectivity index is 0.00000345. The molecule has 2 N–H and O–H groups in total. The quantitative estimate of drug-likeness (QED) is 0.248. The number of nitrogens with one attached hydrogen (secondary N) is 2. The average Bonchev–Trinajstić information content (AvgIpc) is 3.37. The Morgan fingerprint density at radius 2 is 1.31 bits per heavy atom. The van der Waals surface area contributed by atoms with Crippen LogP contribution in [-0.2, 0) is 20.6 Å². The lowest BCUT2D eigenvalue weighted by atomic mass is 9.83. The molecule has 2 amide bonds. The molecule has 2 aromatic carbocycles. The van der Waals surface area contributed by atoms with Crippen molar-refractivity contribution in [2.75, 3.05) is 13.2 Å². The maximum absolute atomic E-state index is 12.9. The maximum atomic E-state index is 12.9. The summed E-state index contributed by atoms with van der Waals surface area (Å²) in [5.41, 5.74) is 4.89. The molecule has 0 bridgehead atoms. The van der Waals surface area contributed by atoms with Crippen molar-refractivity contribution in [3.63, 3.8) is 0 Å². The van der Waals surface area contributed by atoms with Crippen molar-refractivity contribution in [1.29, 1.82) is 0 Å². The fourth-order valence-corrected chi connectivity index (χ4v) is 6.20. The van der Waals surface area contributed by atoms with Crippen molar-refractivity contribution in [2.45, 2.75) is 99.6 Å². The van der Waals surface area contributed by atoms with E-state index < -0.39 is 23.3 Å². The van der Waals surface area contributed by atoms with Crippen LogP contribution in [0.25, 0.3) is 11.1 Å². The van der Waals surface area contributed by atoms with E-state index in [9.17, 15) is 9.59 Å². The Labute approximate surface area is 273 Å². The highest BCUT2D eigenvalue weighted by atomic mass is 16.6. The Hall–Kier alpha value is -3.54. The molecule has 3 rings (SSSR count). The number of hydrogen-bond acceptors (Lipinski definition) is 4. The van der Waals surface area contributed by atoms with E-state index in [4.69, 9.17) is 9.47 Å². The Bertz CT molecular complexity index is 1310. The molecule has 4 unspecified atom stereocenters. The monoisotopic (exact) mass is 618 g/mol. The van der Waals surface area contributed by atoms with Gasteiger partial charge in [0.1, 0.15) is 0 Å². The van der Waals surface area contributed by atoms with Crippen LogP contribution >= 0.6 is 0 Å². The Morgan fingerprint density at radius 3 is 1.76 bits per heavy atom. The van der Waals surface area contributed by atoms with Crippen LogP contribution in [0.1, 0.15) is 111 Å². The minimum atomic E-state index is -0.587. The molecule has 1 fully saturated rings. The van der Waals surface area contributed by atoms with E-state index in [2.05, 4.69) is 49.8 Å². The predicted octanol–water partition coefficient (Wildman–Crippen LogP) is 10.1. The van der Waals surface area contributed by atoms with Crippen LogP contribution < -0.4 is 10.6 Å². The number of hydrogen-bond donors (Lipinski definition) is 2. The van der Waals surface area contributed by atoms with Gasteiger partial charge in [-0.15, -0.1) is 0 Å². The van der Waals surface area contributed by atoms with Gasteiger partial charge in [-0.05, 0) is 119 Å². The smallest absolute Gasteiger partial charge is 0.407 e. The highest BCUT2D eigenvalue weighted by Crippen LogP contribution is 2.42. The van der Waals surface area contributed by atoms with Crippen LogP contribution in [0.2, 0.25) is 0 Å². The summed E-state index contributed by atoms with van der Waals surface area (Å²) in [4.78, 5) is 25.6. The van der Waals surface area contributed by atoms with Gasteiger partial charge in [-0.2, -0.15) is 0 Å². The van der Waals surface area contributed by atoms with Crippen LogP contribution in [-0.4, -0.2) is 25.4 Å². The molecule has 0 aliphatic heterocycles. The van der Waals surface area contributed by atoms with E-state index in [0.29, 0.717) is 25.0 Å². The molecule has 0 spiro atoms. The molecular formula is C39H58N2O4. The van der Waals surface area contributed by atoms with Gasteiger partial charge in [-0.1, -0.05) is 88.4 Å². The number of carbonyl (C=O) groups excluding carboxylic acids is 2. The van der Waals surface area contributed by atoms with Crippen molar-refractivity contribution in [1.82, 2.24) is 10.6 Å². The molecule has 45 heavy (non-hydrogen) atoms. The topological polar surface area (TPSA) is 76.7 Å². The lowest BCUT2D eigenvalue weighted by Crippen LogP contribution is -2.42. The molecule has 0 heterocycles. The van der Waals surface area contributed by atoms with Crippen molar-refractivity contribution in [3.8, 4) is 0 Å². The largest absolute Gasteiger partial charge is 0.449 e. The van der Waals surface area contributed by atoms with Gasteiger partial charge in [0.2, 0.25) is 0 Å². The minimum Gasteiger partial charge on any atom is -0.449 e. The summed E-state index contributed by atoms with van der Waals surface area (Å²) in [6, 6.07) is 16.1. The lowest BCUT2D eigenvalue weighted by Gasteiger charge is -2.29. The number of alkyl carbamates (subject to hydrolysis) is 2. The summed E-state index contributed by atoms with van der Waals surface area (Å²) in [7, 11) is 0. The molecular weight excluding hydrogens is 560 g/mol. The standard InChI is InChI=1S/C37H52N2O4.C2H6/c1-11-28(23-43-35(41)39-37(9,10)32-17-13-15-30(21-32)25(4)5)33-19-27(18-26(33)6)22-42-34(40)38-36(7,8)31-16-12-14-29(20-31)24(2)3;1-2/h12-17,20-21,26-28,33H,2,4,11,18-19,22-23H2,1,3,5-10H3,(H,38,40)(H,39,41);1-2H3. The van der Waals surface area contributed by atoms with Gasteiger partial charge in [0.15, 0.2) is 0 Å². The first-order chi connectivity index (χ1) is 21.1. The second kappa shape index (κ2) is 16.7. The van der Waals surface area contributed by atoms with Crippen molar-refractivity contribution in [3.05, 3.63) is 83.9 Å². The second-order valence-corrected chi connectivity index (χ2v) is 13.6. The second-order valence-electron chi connectivity index (χ2n) is 13.6. The van der Waals surface area contributed by atoms with Crippen LogP contribution in [0.15, 0.2) is 61.7 Å². The van der Waals surface area contributed by atoms with Gasteiger partial charge in [-0.3, -0.25) is 0 Å². The fraction of sp³-hybridized carbons (Fsp3) is 0.538. The third-order valence-electron chi connectivity index (χ3n) is 9.03. The molecule has 0 radical (unpaired) electrons. The molecule has 248 valence electrons. The van der Waals surface area contributed by atoms with E-state index in [1.54, 1.807) is 0 Å². The molecule has 2 aromatic rings. The predicted molar refractivity (Wildman–Crippen MR) is 188 cm³/mol. The van der Waals surface area contributed by atoms with E-state index in [1.807, 2.05) is 91.8 Å². The zero-order valence-corrected chi connectivity index (χ0v) is 29.5. The number of benzene rings is 2. The minimum absolute atomic E-state index is 0.244. The zero-order valence-electron chi connectivity index (χ0n) is 29.5. The summed E-state index contributed by atoms with van der Waals surface area (Å²) in [5.74, 6) is 1.38. The molecule has 0 saturated heterocycles. The van der Waals surface area contributed by atoms with Crippen LogP contribution in [0.3, 0.4) is 0 Å². The normalized spacial score (nSPS) is 18.6. The number of ether oxygens (including phenoxy) is 2. The van der Waals surface area contributed by atoms with Gasteiger partial charge < -0.3 is 20.1 Å². The zero-order chi connectivity index (χ0) is 33.9. The summed E-state index contributed by atoms with van der Waals surface area (Å²) < 4.78 is 11.5. The summed E-state index contributed by atoms with van der Waals surface area (Å²) in [6.45, 7) is 29.0.